The van der Waals surface area contributed by atoms with Crippen LogP contribution in [0.1, 0.15) is 39.0 Å². The third kappa shape index (κ3) is 4.93. The topological polar surface area (TPSA) is 40.5 Å². The van der Waals surface area contributed by atoms with Crippen LogP contribution in [-0.4, -0.2) is 40.8 Å². The highest BCUT2D eigenvalue weighted by atomic mass is 19.4. The molecule has 1 aliphatic rings. The van der Waals surface area contributed by atoms with E-state index in [2.05, 4.69) is 0 Å². The number of nitrogens with zero attached hydrogens (tertiary/aromatic N) is 1. The summed E-state index contributed by atoms with van der Waals surface area (Å²) in [5.41, 5.74) is 0. The SMILES string of the molecule is CC(O)CC1CCCN1C(=O)CCC(F)(F)F. The van der Waals surface area contributed by atoms with E-state index in [1.54, 1.807) is 6.92 Å². The molecule has 0 spiro atoms. The third-order valence-electron chi connectivity index (χ3n) is 2.93. The highest BCUT2D eigenvalue weighted by Gasteiger charge is 2.33. The third-order valence-corrected chi connectivity index (χ3v) is 2.93. The number of hydrogen-bond acceptors (Lipinski definition) is 2. The van der Waals surface area contributed by atoms with E-state index >= 15 is 0 Å². The smallest absolute Gasteiger partial charge is 0.389 e. The normalized spacial score (nSPS) is 22.9. The lowest BCUT2D eigenvalue weighted by atomic mass is 10.1. The molecule has 3 nitrogen and oxygen atoms in total. The standard InChI is InChI=1S/C11H18F3NO2/c1-8(16)7-9-3-2-6-15(9)10(17)4-5-11(12,13)14/h8-9,16H,2-7H2,1H3. The number of likely N-dealkylation sites (tertiary alicyclic amines) is 1. The maximum absolute atomic E-state index is 12.0. The van der Waals surface area contributed by atoms with E-state index in [0.29, 0.717) is 13.0 Å². The molecule has 0 bridgehead atoms. The van der Waals surface area contributed by atoms with Gasteiger partial charge in [0.2, 0.25) is 5.91 Å². The molecule has 0 aliphatic carbocycles. The summed E-state index contributed by atoms with van der Waals surface area (Å²) in [6.07, 6.45) is -4.36. The Morgan fingerprint density at radius 3 is 2.71 bits per heavy atom. The number of carbonyl (C=O) groups is 1. The van der Waals surface area contributed by atoms with E-state index in [4.69, 9.17) is 0 Å². The number of hydrogen-bond donors (Lipinski definition) is 1. The lowest BCUT2D eigenvalue weighted by molar-refractivity contribution is -0.149. The average Bonchev–Trinajstić information content (AvgIpc) is 2.60. The van der Waals surface area contributed by atoms with Crippen LogP contribution in [0.25, 0.3) is 0 Å². The van der Waals surface area contributed by atoms with Gasteiger partial charge in [0.15, 0.2) is 0 Å². The van der Waals surface area contributed by atoms with Crippen LogP contribution in [0.3, 0.4) is 0 Å². The van der Waals surface area contributed by atoms with Gasteiger partial charge in [0.05, 0.1) is 12.5 Å². The first kappa shape index (κ1) is 14.3. The summed E-state index contributed by atoms with van der Waals surface area (Å²) in [5.74, 6) is -0.453. The Bertz CT molecular complexity index is 266. The van der Waals surface area contributed by atoms with Gasteiger partial charge in [0.1, 0.15) is 0 Å². The van der Waals surface area contributed by atoms with Gasteiger partial charge >= 0.3 is 6.18 Å². The minimum Gasteiger partial charge on any atom is -0.393 e. The molecule has 100 valence electrons. The molecule has 0 aromatic heterocycles. The zero-order chi connectivity index (χ0) is 13.1. The van der Waals surface area contributed by atoms with Crippen molar-refractivity contribution in [2.45, 2.75) is 57.3 Å². The predicted octanol–water partition coefficient (Wildman–Crippen LogP) is 2.09. The van der Waals surface area contributed by atoms with E-state index in [9.17, 15) is 23.1 Å². The Balaban J connectivity index is 2.44. The number of aliphatic hydroxyl groups excluding tert-OH is 1. The van der Waals surface area contributed by atoms with Gasteiger partial charge in [0, 0.05) is 19.0 Å². The van der Waals surface area contributed by atoms with E-state index in [1.807, 2.05) is 0 Å². The first-order chi connectivity index (χ1) is 7.79. The zero-order valence-electron chi connectivity index (χ0n) is 9.83. The summed E-state index contributed by atoms with van der Waals surface area (Å²) < 4.78 is 36.0. The maximum Gasteiger partial charge on any atom is 0.389 e. The molecule has 6 heteroatoms. The van der Waals surface area contributed by atoms with Gasteiger partial charge < -0.3 is 10.0 Å². The molecule has 1 N–H and O–H groups in total. The van der Waals surface area contributed by atoms with Crippen LogP contribution < -0.4 is 0 Å². The van der Waals surface area contributed by atoms with E-state index in [1.165, 1.54) is 4.90 Å². The van der Waals surface area contributed by atoms with E-state index < -0.39 is 31.0 Å². The molecule has 1 saturated heterocycles. The molecule has 0 saturated carbocycles. The monoisotopic (exact) mass is 253 g/mol. The van der Waals surface area contributed by atoms with Gasteiger partial charge in [-0.15, -0.1) is 0 Å². The fraction of sp³-hybridized carbons (Fsp3) is 0.909. The van der Waals surface area contributed by atoms with Crippen molar-refractivity contribution in [1.82, 2.24) is 4.90 Å². The summed E-state index contributed by atoms with van der Waals surface area (Å²) in [6, 6.07) is -0.101. The molecule has 1 aliphatic heterocycles. The van der Waals surface area contributed by atoms with E-state index in [0.717, 1.165) is 12.8 Å². The van der Waals surface area contributed by atoms with Gasteiger partial charge in [-0.2, -0.15) is 13.2 Å². The van der Waals surface area contributed by atoms with Crippen LogP contribution in [0, 0.1) is 0 Å². The molecule has 0 aromatic carbocycles. The Morgan fingerprint density at radius 2 is 2.18 bits per heavy atom. The number of carbonyl (C=O) groups excluding carboxylic acids is 1. The highest BCUT2D eigenvalue weighted by Crippen LogP contribution is 2.26. The Hall–Kier alpha value is -0.780. The molecular weight excluding hydrogens is 235 g/mol. The van der Waals surface area contributed by atoms with Crippen molar-refractivity contribution < 1.29 is 23.1 Å². The second-order valence-corrected chi connectivity index (χ2v) is 4.58. The van der Waals surface area contributed by atoms with E-state index in [-0.39, 0.29) is 6.04 Å². The van der Waals surface area contributed by atoms with Crippen molar-refractivity contribution in [2.75, 3.05) is 6.54 Å². The minimum atomic E-state index is -4.28. The van der Waals surface area contributed by atoms with Crippen molar-refractivity contribution in [3.05, 3.63) is 0 Å². The summed E-state index contributed by atoms with van der Waals surface area (Å²) >= 11 is 0. The van der Waals surface area contributed by atoms with Crippen molar-refractivity contribution in [2.24, 2.45) is 0 Å². The molecule has 0 aromatic rings. The molecule has 1 fully saturated rings. The second kappa shape index (κ2) is 5.71. The van der Waals surface area contributed by atoms with Crippen molar-refractivity contribution in [3.63, 3.8) is 0 Å². The van der Waals surface area contributed by atoms with Crippen LogP contribution in [0.5, 0.6) is 0 Å². The number of amides is 1. The summed E-state index contributed by atoms with van der Waals surface area (Å²) in [4.78, 5) is 13.1. The highest BCUT2D eigenvalue weighted by molar-refractivity contribution is 5.76. The molecule has 1 rings (SSSR count). The molecule has 2 unspecified atom stereocenters. The fourth-order valence-corrected chi connectivity index (χ4v) is 2.20. The van der Waals surface area contributed by atoms with Crippen LogP contribution in [0.2, 0.25) is 0 Å². The summed E-state index contributed by atoms with van der Waals surface area (Å²) in [5, 5.41) is 9.25. The molecule has 2 atom stereocenters. The summed E-state index contributed by atoms with van der Waals surface area (Å²) in [6.45, 7) is 2.13. The maximum atomic E-state index is 12.0. The first-order valence-corrected chi connectivity index (χ1v) is 5.84. The Kier molecular flexibility index (Phi) is 4.80. The second-order valence-electron chi connectivity index (χ2n) is 4.58. The van der Waals surface area contributed by atoms with Crippen LogP contribution >= 0.6 is 0 Å². The lowest BCUT2D eigenvalue weighted by Gasteiger charge is -2.26. The Morgan fingerprint density at radius 1 is 1.53 bits per heavy atom. The minimum absolute atomic E-state index is 0.101. The van der Waals surface area contributed by atoms with Crippen molar-refractivity contribution >= 4 is 5.91 Å². The van der Waals surface area contributed by atoms with Gasteiger partial charge in [0.25, 0.3) is 0 Å². The van der Waals surface area contributed by atoms with Gasteiger partial charge in [-0.3, -0.25) is 4.79 Å². The molecule has 1 heterocycles. The number of aliphatic hydroxyl groups is 1. The van der Waals surface area contributed by atoms with Crippen LogP contribution in [-0.2, 0) is 4.79 Å². The van der Waals surface area contributed by atoms with Crippen molar-refractivity contribution in [1.29, 1.82) is 0 Å². The lowest BCUT2D eigenvalue weighted by Crippen LogP contribution is -2.37. The summed E-state index contributed by atoms with van der Waals surface area (Å²) in [7, 11) is 0. The van der Waals surface area contributed by atoms with Crippen LogP contribution in [0.15, 0.2) is 0 Å². The Labute approximate surface area is 98.6 Å². The quantitative estimate of drug-likeness (QED) is 0.833. The number of rotatable bonds is 4. The average molecular weight is 253 g/mol. The van der Waals surface area contributed by atoms with Gasteiger partial charge in [-0.05, 0) is 26.2 Å². The van der Waals surface area contributed by atoms with Crippen molar-refractivity contribution in [3.8, 4) is 0 Å². The fourth-order valence-electron chi connectivity index (χ4n) is 2.20. The predicted molar refractivity (Wildman–Crippen MR) is 56.3 cm³/mol. The van der Waals surface area contributed by atoms with Crippen LogP contribution in [0.4, 0.5) is 13.2 Å². The first-order valence-electron chi connectivity index (χ1n) is 5.84. The zero-order valence-corrected chi connectivity index (χ0v) is 9.83. The van der Waals surface area contributed by atoms with Gasteiger partial charge in [-0.25, -0.2) is 0 Å². The largest absolute Gasteiger partial charge is 0.393 e. The molecule has 1 amide bonds. The number of halogens is 3. The molecular formula is C11H18F3NO2. The molecule has 0 radical (unpaired) electrons. The number of alkyl halides is 3. The molecule has 17 heavy (non-hydrogen) atoms. The van der Waals surface area contributed by atoms with Gasteiger partial charge in [-0.1, -0.05) is 0 Å².